The molecule has 19 heavy (non-hydrogen) atoms. The van der Waals surface area contributed by atoms with Gasteiger partial charge in [0.2, 0.25) is 5.91 Å². The summed E-state index contributed by atoms with van der Waals surface area (Å²) in [6.45, 7) is 6.63. The SMILES string of the molecule is CCNC(=O)NC(=O)C(C)NCc1ccccc1C. The van der Waals surface area contributed by atoms with Crippen LogP contribution in [-0.2, 0) is 11.3 Å². The van der Waals surface area contributed by atoms with Crippen LogP contribution in [0.3, 0.4) is 0 Å². The van der Waals surface area contributed by atoms with Crippen LogP contribution >= 0.6 is 0 Å². The fourth-order valence-electron chi connectivity index (χ4n) is 1.59. The lowest BCUT2D eigenvalue weighted by Crippen LogP contribution is -2.47. The van der Waals surface area contributed by atoms with E-state index in [0.717, 1.165) is 5.56 Å². The monoisotopic (exact) mass is 263 g/mol. The Morgan fingerprint density at radius 1 is 1.26 bits per heavy atom. The summed E-state index contributed by atoms with van der Waals surface area (Å²) >= 11 is 0. The van der Waals surface area contributed by atoms with E-state index in [9.17, 15) is 9.59 Å². The van der Waals surface area contributed by atoms with Crippen molar-refractivity contribution >= 4 is 11.9 Å². The van der Waals surface area contributed by atoms with Crippen molar-refractivity contribution in [3.8, 4) is 0 Å². The molecule has 0 bridgehead atoms. The minimum Gasteiger partial charge on any atom is -0.338 e. The summed E-state index contributed by atoms with van der Waals surface area (Å²) in [6.07, 6.45) is 0. The largest absolute Gasteiger partial charge is 0.338 e. The van der Waals surface area contributed by atoms with E-state index in [-0.39, 0.29) is 5.91 Å². The number of nitrogens with one attached hydrogen (secondary N) is 3. The van der Waals surface area contributed by atoms with Gasteiger partial charge in [0.1, 0.15) is 0 Å². The Morgan fingerprint density at radius 3 is 2.58 bits per heavy atom. The smallest absolute Gasteiger partial charge is 0.321 e. The van der Waals surface area contributed by atoms with E-state index in [1.165, 1.54) is 5.56 Å². The van der Waals surface area contributed by atoms with Crippen LogP contribution in [0.25, 0.3) is 0 Å². The maximum atomic E-state index is 11.7. The molecule has 3 amide bonds. The second-order valence-corrected chi connectivity index (χ2v) is 4.38. The highest BCUT2D eigenvalue weighted by Crippen LogP contribution is 2.06. The molecule has 0 saturated carbocycles. The summed E-state index contributed by atoms with van der Waals surface area (Å²) in [5.41, 5.74) is 2.31. The molecule has 0 aliphatic carbocycles. The number of amides is 3. The van der Waals surface area contributed by atoms with Gasteiger partial charge in [-0.3, -0.25) is 10.1 Å². The molecule has 1 rings (SSSR count). The Kier molecular flexibility index (Phi) is 6.02. The van der Waals surface area contributed by atoms with Crippen LogP contribution in [0.2, 0.25) is 0 Å². The van der Waals surface area contributed by atoms with E-state index in [2.05, 4.69) is 16.0 Å². The van der Waals surface area contributed by atoms with Crippen molar-refractivity contribution in [2.45, 2.75) is 33.4 Å². The Morgan fingerprint density at radius 2 is 1.95 bits per heavy atom. The molecule has 3 N–H and O–H groups in total. The van der Waals surface area contributed by atoms with E-state index in [1.54, 1.807) is 13.8 Å². The normalized spacial score (nSPS) is 11.7. The van der Waals surface area contributed by atoms with Crippen LogP contribution in [0.1, 0.15) is 25.0 Å². The average molecular weight is 263 g/mol. The number of hydrogen-bond acceptors (Lipinski definition) is 3. The second kappa shape index (κ2) is 7.53. The number of benzene rings is 1. The fraction of sp³-hybridized carbons (Fsp3) is 0.429. The number of rotatable bonds is 5. The van der Waals surface area contributed by atoms with E-state index >= 15 is 0 Å². The van der Waals surface area contributed by atoms with Gasteiger partial charge in [-0.15, -0.1) is 0 Å². The van der Waals surface area contributed by atoms with Gasteiger partial charge in [-0.05, 0) is 31.9 Å². The molecule has 1 aromatic rings. The van der Waals surface area contributed by atoms with Gasteiger partial charge in [0, 0.05) is 13.1 Å². The Labute approximate surface area is 113 Å². The fourth-order valence-corrected chi connectivity index (χ4v) is 1.59. The standard InChI is InChI=1S/C14H21N3O2/c1-4-15-14(19)17-13(18)11(3)16-9-12-8-6-5-7-10(12)2/h5-8,11,16H,4,9H2,1-3H3,(H2,15,17,18,19). The van der Waals surface area contributed by atoms with Crippen LogP contribution < -0.4 is 16.0 Å². The van der Waals surface area contributed by atoms with Gasteiger partial charge in [-0.1, -0.05) is 24.3 Å². The molecular formula is C14H21N3O2. The number of aryl methyl sites for hydroxylation is 1. The number of urea groups is 1. The lowest BCUT2D eigenvalue weighted by molar-refractivity contribution is -0.121. The molecule has 0 radical (unpaired) electrons. The van der Waals surface area contributed by atoms with E-state index in [4.69, 9.17) is 0 Å². The van der Waals surface area contributed by atoms with Crippen LogP contribution in [0, 0.1) is 6.92 Å². The summed E-state index contributed by atoms with van der Waals surface area (Å²) in [7, 11) is 0. The molecule has 0 saturated heterocycles. The van der Waals surface area contributed by atoms with Crippen molar-refractivity contribution in [1.29, 1.82) is 0 Å². The molecule has 0 aromatic heterocycles. The van der Waals surface area contributed by atoms with E-state index in [0.29, 0.717) is 13.1 Å². The lowest BCUT2D eigenvalue weighted by Gasteiger charge is -2.14. The van der Waals surface area contributed by atoms with Gasteiger partial charge < -0.3 is 10.6 Å². The van der Waals surface area contributed by atoms with Gasteiger partial charge >= 0.3 is 6.03 Å². The first-order valence-electron chi connectivity index (χ1n) is 6.41. The van der Waals surface area contributed by atoms with Gasteiger partial charge in [0.15, 0.2) is 0 Å². The highest BCUT2D eigenvalue weighted by Gasteiger charge is 2.14. The zero-order chi connectivity index (χ0) is 14.3. The number of carbonyl (C=O) groups is 2. The first-order valence-corrected chi connectivity index (χ1v) is 6.41. The quantitative estimate of drug-likeness (QED) is 0.750. The van der Waals surface area contributed by atoms with Crippen molar-refractivity contribution in [1.82, 2.24) is 16.0 Å². The van der Waals surface area contributed by atoms with Crippen molar-refractivity contribution in [3.63, 3.8) is 0 Å². The average Bonchev–Trinajstić information content (AvgIpc) is 2.37. The third-order valence-electron chi connectivity index (χ3n) is 2.83. The van der Waals surface area contributed by atoms with Crippen molar-refractivity contribution in [2.75, 3.05) is 6.54 Å². The minimum absolute atomic E-state index is 0.334. The topological polar surface area (TPSA) is 70.2 Å². The first-order chi connectivity index (χ1) is 9.04. The van der Waals surface area contributed by atoms with Crippen molar-refractivity contribution in [3.05, 3.63) is 35.4 Å². The van der Waals surface area contributed by atoms with Gasteiger partial charge in [-0.2, -0.15) is 0 Å². The zero-order valence-corrected chi connectivity index (χ0v) is 11.6. The van der Waals surface area contributed by atoms with Crippen LogP contribution in [0.4, 0.5) is 4.79 Å². The minimum atomic E-state index is -0.461. The van der Waals surface area contributed by atoms with Gasteiger partial charge in [0.05, 0.1) is 6.04 Å². The molecular weight excluding hydrogens is 242 g/mol. The molecule has 0 aliphatic heterocycles. The zero-order valence-electron chi connectivity index (χ0n) is 11.6. The third kappa shape index (κ3) is 5.09. The van der Waals surface area contributed by atoms with Crippen LogP contribution in [0.15, 0.2) is 24.3 Å². The second-order valence-electron chi connectivity index (χ2n) is 4.38. The third-order valence-corrected chi connectivity index (χ3v) is 2.83. The number of imide groups is 1. The summed E-state index contributed by atoms with van der Waals surface area (Å²) in [6, 6.07) is 7.08. The molecule has 1 aromatic carbocycles. The highest BCUT2D eigenvalue weighted by atomic mass is 16.2. The molecule has 104 valence electrons. The van der Waals surface area contributed by atoms with Crippen LogP contribution in [-0.4, -0.2) is 24.5 Å². The van der Waals surface area contributed by atoms with Crippen LogP contribution in [0.5, 0.6) is 0 Å². The summed E-state index contributed by atoms with van der Waals surface area (Å²) < 4.78 is 0. The molecule has 0 fully saturated rings. The predicted octanol–water partition coefficient (Wildman–Crippen LogP) is 1.32. The molecule has 5 heteroatoms. The summed E-state index contributed by atoms with van der Waals surface area (Å²) in [5, 5.41) is 7.89. The lowest BCUT2D eigenvalue weighted by atomic mass is 10.1. The molecule has 0 heterocycles. The van der Waals surface area contributed by atoms with Crippen molar-refractivity contribution in [2.24, 2.45) is 0 Å². The number of carbonyl (C=O) groups excluding carboxylic acids is 2. The van der Waals surface area contributed by atoms with Crippen molar-refractivity contribution < 1.29 is 9.59 Å². The molecule has 5 nitrogen and oxygen atoms in total. The van der Waals surface area contributed by atoms with Gasteiger partial charge in [0.25, 0.3) is 0 Å². The highest BCUT2D eigenvalue weighted by molar-refractivity contribution is 5.96. The Bertz CT molecular complexity index is 446. The van der Waals surface area contributed by atoms with Gasteiger partial charge in [-0.25, -0.2) is 4.79 Å². The first kappa shape index (κ1) is 15.2. The summed E-state index contributed by atoms with van der Waals surface area (Å²) in [4.78, 5) is 22.9. The van der Waals surface area contributed by atoms with E-state index < -0.39 is 12.1 Å². The maximum absolute atomic E-state index is 11.7. The molecule has 0 aliphatic rings. The molecule has 1 unspecified atom stereocenters. The van der Waals surface area contributed by atoms with E-state index in [1.807, 2.05) is 31.2 Å². The Balaban J connectivity index is 2.43. The molecule has 0 spiro atoms. The molecule has 1 atom stereocenters. The maximum Gasteiger partial charge on any atom is 0.321 e. The predicted molar refractivity (Wildman–Crippen MR) is 74.7 cm³/mol. The Hall–Kier alpha value is -1.88. The number of hydrogen-bond donors (Lipinski definition) is 3. The summed E-state index contributed by atoms with van der Waals surface area (Å²) in [5.74, 6) is -0.334.